The van der Waals surface area contributed by atoms with Crippen molar-refractivity contribution in [3.63, 3.8) is 0 Å². The van der Waals surface area contributed by atoms with Crippen molar-refractivity contribution in [3.8, 4) is 0 Å². The maximum Gasteiger partial charge on any atom is 0.389 e. The third kappa shape index (κ3) is 5.35. The van der Waals surface area contributed by atoms with Crippen LogP contribution < -0.4 is 5.32 Å². The second-order valence-corrected chi connectivity index (χ2v) is 4.55. The number of unbranched alkanes of at least 4 members (excludes halogenated alkanes) is 1. The Morgan fingerprint density at radius 2 is 2.22 bits per heavy atom. The predicted molar refractivity (Wildman–Crippen MR) is 61.8 cm³/mol. The number of ether oxygens (including phenoxy) is 1. The van der Waals surface area contributed by atoms with Crippen LogP contribution in [-0.2, 0) is 4.74 Å². The number of nitrogens with one attached hydrogen (secondary N) is 1. The van der Waals surface area contributed by atoms with E-state index in [1.54, 1.807) is 0 Å². The summed E-state index contributed by atoms with van der Waals surface area (Å²) in [4.78, 5) is 15.4. The number of nitrogens with zero attached hydrogens (tertiary/aromatic N) is 1. The van der Waals surface area contributed by atoms with Crippen molar-refractivity contribution in [1.29, 1.82) is 0 Å². The summed E-state index contributed by atoms with van der Waals surface area (Å²) < 4.78 is 40.1. The van der Waals surface area contributed by atoms with E-state index in [9.17, 15) is 18.0 Å². The number of anilines is 1. The van der Waals surface area contributed by atoms with Gasteiger partial charge in [0.1, 0.15) is 4.88 Å². The Bertz CT molecular complexity index is 393. The Balaban J connectivity index is 2.24. The average Bonchev–Trinajstić information content (AvgIpc) is 2.75. The molecule has 8 heteroatoms. The maximum absolute atomic E-state index is 11.9. The number of methoxy groups -OCH3 is 1. The van der Waals surface area contributed by atoms with Crippen molar-refractivity contribution in [2.45, 2.75) is 25.4 Å². The van der Waals surface area contributed by atoms with Crippen LogP contribution in [0.2, 0.25) is 0 Å². The van der Waals surface area contributed by atoms with Gasteiger partial charge in [-0.1, -0.05) is 11.3 Å². The monoisotopic (exact) mass is 282 g/mol. The molecule has 0 bridgehead atoms. The molecular formula is C10H13F3N2O2S. The number of carbonyl (C=O) groups is 1. The number of hydrogen-bond donors (Lipinski definition) is 1. The predicted octanol–water partition coefficient (Wildman–Crippen LogP) is 3.07. The summed E-state index contributed by atoms with van der Waals surface area (Å²) in [7, 11) is 1.27. The first-order chi connectivity index (χ1) is 8.42. The van der Waals surface area contributed by atoms with Gasteiger partial charge in [-0.2, -0.15) is 13.2 Å². The van der Waals surface area contributed by atoms with Crippen molar-refractivity contribution in [3.05, 3.63) is 11.1 Å². The maximum atomic E-state index is 11.9. The molecule has 0 radical (unpaired) electrons. The summed E-state index contributed by atoms with van der Waals surface area (Å²) in [5, 5.41) is 3.36. The van der Waals surface area contributed by atoms with E-state index >= 15 is 0 Å². The highest BCUT2D eigenvalue weighted by atomic mass is 32.1. The van der Waals surface area contributed by atoms with Crippen molar-refractivity contribution < 1.29 is 22.7 Å². The second-order valence-electron chi connectivity index (χ2n) is 3.52. The minimum Gasteiger partial charge on any atom is -0.465 e. The largest absolute Gasteiger partial charge is 0.465 e. The van der Waals surface area contributed by atoms with Crippen LogP contribution in [0.15, 0.2) is 6.20 Å². The molecular weight excluding hydrogens is 269 g/mol. The number of rotatable bonds is 6. The number of aromatic nitrogens is 1. The van der Waals surface area contributed by atoms with Gasteiger partial charge >= 0.3 is 12.1 Å². The fraction of sp³-hybridized carbons (Fsp3) is 0.600. The summed E-state index contributed by atoms with van der Waals surface area (Å²) in [6.07, 6.45) is -3.04. The van der Waals surface area contributed by atoms with Crippen LogP contribution in [0.4, 0.5) is 18.3 Å². The van der Waals surface area contributed by atoms with E-state index in [-0.39, 0.29) is 6.42 Å². The highest BCUT2D eigenvalue weighted by Gasteiger charge is 2.25. The number of carbonyl (C=O) groups excluding carboxylic acids is 1. The van der Waals surface area contributed by atoms with Crippen LogP contribution in [0.1, 0.15) is 28.9 Å². The summed E-state index contributed by atoms with van der Waals surface area (Å²) in [6.45, 7) is 0.393. The van der Waals surface area contributed by atoms with Gasteiger partial charge < -0.3 is 10.1 Å². The van der Waals surface area contributed by atoms with E-state index in [0.29, 0.717) is 23.0 Å². The fourth-order valence-corrected chi connectivity index (χ4v) is 1.96. The minimum absolute atomic E-state index is 0.0751. The Kier molecular flexibility index (Phi) is 5.39. The van der Waals surface area contributed by atoms with Gasteiger partial charge in [-0.3, -0.25) is 0 Å². The van der Waals surface area contributed by atoms with E-state index in [4.69, 9.17) is 0 Å². The molecule has 0 unspecified atom stereocenters. The molecule has 0 saturated carbocycles. The summed E-state index contributed by atoms with van der Waals surface area (Å²) in [6, 6.07) is 0. The molecule has 0 aromatic carbocycles. The van der Waals surface area contributed by atoms with E-state index in [2.05, 4.69) is 15.0 Å². The first kappa shape index (κ1) is 14.7. The normalized spacial score (nSPS) is 11.3. The van der Waals surface area contributed by atoms with Gasteiger partial charge in [0, 0.05) is 13.0 Å². The fourth-order valence-electron chi connectivity index (χ4n) is 1.20. The Morgan fingerprint density at radius 1 is 1.50 bits per heavy atom. The molecule has 0 atom stereocenters. The molecule has 1 heterocycles. The third-order valence-electron chi connectivity index (χ3n) is 2.06. The van der Waals surface area contributed by atoms with Gasteiger partial charge in [0.05, 0.1) is 13.3 Å². The zero-order valence-corrected chi connectivity index (χ0v) is 10.5. The minimum atomic E-state index is -4.10. The van der Waals surface area contributed by atoms with Gasteiger partial charge in [0.25, 0.3) is 0 Å². The molecule has 102 valence electrons. The number of halogens is 3. The van der Waals surface area contributed by atoms with Crippen molar-refractivity contribution >= 4 is 22.4 Å². The number of esters is 1. The first-order valence-electron chi connectivity index (χ1n) is 5.27. The van der Waals surface area contributed by atoms with E-state index in [1.807, 2.05) is 0 Å². The topological polar surface area (TPSA) is 51.2 Å². The third-order valence-corrected chi connectivity index (χ3v) is 2.99. The summed E-state index contributed by atoms with van der Waals surface area (Å²) in [5.74, 6) is -0.474. The molecule has 1 aromatic heterocycles. The van der Waals surface area contributed by atoms with Gasteiger partial charge in [-0.25, -0.2) is 9.78 Å². The molecule has 1 aromatic rings. The molecule has 1 rings (SSSR count). The van der Waals surface area contributed by atoms with Crippen molar-refractivity contribution in [2.24, 2.45) is 0 Å². The van der Waals surface area contributed by atoms with Crippen LogP contribution in [0.3, 0.4) is 0 Å². The van der Waals surface area contributed by atoms with Gasteiger partial charge in [0.15, 0.2) is 5.13 Å². The van der Waals surface area contributed by atoms with Crippen LogP contribution in [0, 0.1) is 0 Å². The average molecular weight is 282 g/mol. The molecule has 0 aliphatic rings. The first-order valence-corrected chi connectivity index (χ1v) is 6.09. The van der Waals surface area contributed by atoms with E-state index in [1.165, 1.54) is 13.3 Å². The molecule has 1 N–H and O–H groups in total. The molecule has 0 fully saturated rings. The van der Waals surface area contributed by atoms with Crippen LogP contribution in [0.5, 0.6) is 0 Å². The zero-order valence-electron chi connectivity index (χ0n) is 9.71. The van der Waals surface area contributed by atoms with Crippen molar-refractivity contribution in [1.82, 2.24) is 4.98 Å². The lowest BCUT2D eigenvalue weighted by atomic mass is 10.2. The standard InChI is InChI=1S/C10H13F3N2O2S/c1-17-8(16)7-6-15-9(18-7)14-5-3-2-4-10(11,12)13/h6H,2-5H2,1H3,(H,14,15). The SMILES string of the molecule is COC(=O)c1cnc(NCCCCC(F)(F)F)s1. The molecule has 4 nitrogen and oxygen atoms in total. The van der Waals surface area contributed by atoms with E-state index < -0.39 is 18.6 Å². The second kappa shape index (κ2) is 6.58. The quantitative estimate of drug-likeness (QED) is 0.643. The van der Waals surface area contributed by atoms with Gasteiger partial charge in [0.2, 0.25) is 0 Å². The van der Waals surface area contributed by atoms with Crippen LogP contribution in [0.25, 0.3) is 0 Å². The van der Waals surface area contributed by atoms with Gasteiger partial charge in [-0.05, 0) is 12.8 Å². The number of hydrogen-bond acceptors (Lipinski definition) is 5. The molecule has 0 saturated heterocycles. The zero-order chi connectivity index (χ0) is 13.6. The molecule has 0 aliphatic carbocycles. The lowest BCUT2D eigenvalue weighted by Gasteiger charge is -2.05. The molecule has 0 spiro atoms. The molecule has 0 aliphatic heterocycles. The van der Waals surface area contributed by atoms with E-state index in [0.717, 1.165) is 11.3 Å². The highest BCUT2D eigenvalue weighted by Crippen LogP contribution is 2.22. The summed E-state index contributed by atoms with van der Waals surface area (Å²) >= 11 is 1.11. The summed E-state index contributed by atoms with van der Waals surface area (Å²) in [5.41, 5.74) is 0. The Labute approximate surface area is 106 Å². The Morgan fingerprint density at radius 3 is 2.83 bits per heavy atom. The van der Waals surface area contributed by atoms with Crippen molar-refractivity contribution in [2.75, 3.05) is 19.0 Å². The number of alkyl halides is 3. The smallest absolute Gasteiger partial charge is 0.389 e. The van der Waals surface area contributed by atoms with Gasteiger partial charge in [-0.15, -0.1) is 0 Å². The molecule has 18 heavy (non-hydrogen) atoms. The molecule has 0 amide bonds. The van der Waals surface area contributed by atoms with Crippen LogP contribution >= 0.6 is 11.3 Å². The lowest BCUT2D eigenvalue weighted by Crippen LogP contribution is -2.08. The highest BCUT2D eigenvalue weighted by molar-refractivity contribution is 7.17. The van der Waals surface area contributed by atoms with Crippen LogP contribution in [-0.4, -0.2) is 30.8 Å². The lowest BCUT2D eigenvalue weighted by molar-refractivity contribution is -0.135. The Hall–Kier alpha value is -1.31. The number of thiazole rings is 1.